The number of anilines is 1. The van der Waals surface area contributed by atoms with Crippen molar-refractivity contribution in [3.63, 3.8) is 0 Å². The Morgan fingerprint density at radius 1 is 1.39 bits per heavy atom. The molecule has 4 atom stereocenters. The monoisotopic (exact) mass is 262 g/mol. The van der Waals surface area contributed by atoms with Gasteiger partial charge in [0.15, 0.2) is 6.23 Å². The fraction of sp³-hybridized carbons (Fsp3) is 0.625. The van der Waals surface area contributed by atoms with Crippen LogP contribution in [0.2, 0.25) is 0 Å². The molecule has 0 amide bonds. The van der Waals surface area contributed by atoms with E-state index in [4.69, 9.17) is 15.6 Å². The Bertz CT molecular complexity index is 509. The summed E-state index contributed by atoms with van der Waals surface area (Å²) < 4.78 is 18.8. The summed E-state index contributed by atoms with van der Waals surface area (Å²) in [4.78, 5) is 17.8. The van der Waals surface area contributed by atoms with Gasteiger partial charge in [0.05, 0.1) is 6.61 Å². The van der Waals surface area contributed by atoms with Crippen molar-refractivity contribution in [3.8, 4) is 0 Å². The van der Waals surface area contributed by atoms with Crippen LogP contribution in [0.5, 0.6) is 0 Å². The van der Waals surface area contributed by atoms with Gasteiger partial charge in [0, 0.05) is 0 Å². The number of aliphatic hydroxyl groups excluding tert-OH is 3. The van der Waals surface area contributed by atoms with Crippen molar-refractivity contribution in [2.75, 3.05) is 12.3 Å². The van der Waals surface area contributed by atoms with Crippen molar-refractivity contribution in [2.45, 2.75) is 24.5 Å². The topological polar surface area (TPSA) is 144 Å². The minimum absolute atomic E-state index is 0.319. The third-order valence-corrected chi connectivity index (χ3v) is 2.59. The van der Waals surface area contributed by atoms with Gasteiger partial charge in [-0.1, -0.05) is 0 Å². The fourth-order valence-corrected chi connectivity index (χ4v) is 1.71. The fourth-order valence-electron chi connectivity index (χ4n) is 1.71. The summed E-state index contributed by atoms with van der Waals surface area (Å²) in [6, 6.07) is 0. The highest BCUT2D eigenvalue weighted by Gasteiger charge is 2.44. The first-order chi connectivity index (χ1) is 8.45. The molecule has 1 aliphatic heterocycles. The highest BCUT2D eigenvalue weighted by molar-refractivity contribution is 5.10. The van der Waals surface area contributed by atoms with E-state index in [2.05, 4.69) is 9.97 Å². The Kier molecular flexibility index (Phi) is 3.26. The Balaban J connectivity index is 2.42. The van der Waals surface area contributed by atoms with E-state index in [-0.39, 0.29) is 0 Å². The van der Waals surface area contributed by atoms with Gasteiger partial charge < -0.3 is 25.8 Å². The second-order valence-corrected chi connectivity index (χ2v) is 3.73. The quantitative estimate of drug-likeness (QED) is 0.440. The van der Waals surface area contributed by atoms with Gasteiger partial charge in [0.25, 0.3) is 6.08 Å². The van der Waals surface area contributed by atoms with E-state index in [1.165, 1.54) is 0 Å². The molecule has 0 spiro atoms. The van der Waals surface area contributed by atoms with Gasteiger partial charge in [-0.2, -0.15) is 14.4 Å². The number of nitrogens with two attached hydrogens (primary N) is 1. The molecule has 1 fully saturated rings. The number of nitrogen functional groups attached to an aromatic ring is 1. The predicted molar refractivity (Wildman–Crippen MR) is 53.7 cm³/mol. The second-order valence-electron chi connectivity index (χ2n) is 3.73. The largest absolute Gasteiger partial charge is 0.394 e. The average molecular weight is 262 g/mol. The molecule has 1 aromatic rings. The zero-order chi connectivity index (χ0) is 13.4. The molecule has 0 aromatic carbocycles. The van der Waals surface area contributed by atoms with Gasteiger partial charge in [0.1, 0.15) is 18.3 Å². The lowest BCUT2D eigenvalue weighted by Crippen LogP contribution is -2.38. The molecule has 5 N–H and O–H groups in total. The molecule has 1 aliphatic rings. The number of ether oxygens (including phenoxy) is 1. The number of halogens is 1. The van der Waals surface area contributed by atoms with Gasteiger partial charge in [-0.3, -0.25) is 0 Å². The lowest BCUT2D eigenvalue weighted by molar-refractivity contribution is -0.0610. The van der Waals surface area contributed by atoms with Crippen LogP contribution in [-0.4, -0.2) is 54.8 Å². The Labute approximate surface area is 99.3 Å². The molecule has 2 heterocycles. The van der Waals surface area contributed by atoms with E-state index < -0.39 is 48.9 Å². The lowest BCUT2D eigenvalue weighted by Gasteiger charge is -2.16. The molecule has 0 saturated carbocycles. The van der Waals surface area contributed by atoms with Crippen molar-refractivity contribution >= 4 is 5.95 Å². The molecule has 10 heteroatoms. The number of aliphatic hydroxyl groups is 3. The van der Waals surface area contributed by atoms with Crippen LogP contribution >= 0.6 is 0 Å². The second kappa shape index (κ2) is 4.57. The van der Waals surface area contributed by atoms with E-state index in [9.17, 15) is 19.4 Å². The molecule has 18 heavy (non-hydrogen) atoms. The number of rotatable bonds is 2. The van der Waals surface area contributed by atoms with Crippen LogP contribution in [0.3, 0.4) is 0 Å². The molecule has 1 unspecified atom stereocenters. The summed E-state index contributed by atoms with van der Waals surface area (Å²) in [5, 5.41) is 28.0. The molecule has 0 radical (unpaired) electrons. The summed E-state index contributed by atoms with van der Waals surface area (Å²) in [5.74, 6) is -0.555. The molecule has 9 nitrogen and oxygen atoms in total. The standard InChI is InChI=1S/C8H11FN4O5/c9-6-11-7(10)12-8(17)13(6)5-4(16)3(15)2(1-14)18-5/h2-5,14-16H,1H2,(H2,10,12,17)/t2-,3+,4?,5-/m1/s1. The summed E-state index contributed by atoms with van der Waals surface area (Å²) in [5.41, 5.74) is 3.96. The van der Waals surface area contributed by atoms with Crippen molar-refractivity contribution in [1.29, 1.82) is 0 Å². The normalized spacial score (nSPS) is 31.8. The SMILES string of the molecule is Nc1nc(F)n([C@@H]2O[C@H](CO)[C@H](O)C2O)c(=O)n1. The Hall–Kier alpha value is -1.62. The van der Waals surface area contributed by atoms with E-state index in [0.29, 0.717) is 4.57 Å². The zero-order valence-corrected chi connectivity index (χ0v) is 8.97. The van der Waals surface area contributed by atoms with Gasteiger partial charge in [-0.25, -0.2) is 9.36 Å². The zero-order valence-electron chi connectivity index (χ0n) is 8.97. The average Bonchev–Trinajstić information content (AvgIpc) is 2.56. The van der Waals surface area contributed by atoms with Crippen LogP contribution < -0.4 is 11.4 Å². The third kappa shape index (κ3) is 1.95. The van der Waals surface area contributed by atoms with Crippen molar-refractivity contribution < 1.29 is 24.4 Å². The molecular weight excluding hydrogens is 251 g/mol. The summed E-state index contributed by atoms with van der Waals surface area (Å²) in [6.07, 6.45) is -7.01. The number of hydrogen-bond acceptors (Lipinski definition) is 8. The third-order valence-electron chi connectivity index (χ3n) is 2.59. The summed E-state index contributed by atoms with van der Waals surface area (Å²) in [7, 11) is 0. The van der Waals surface area contributed by atoms with Gasteiger partial charge in [-0.05, 0) is 0 Å². The van der Waals surface area contributed by atoms with E-state index in [0.717, 1.165) is 0 Å². The molecule has 0 aliphatic carbocycles. The van der Waals surface area contributed by atoms with Gasteiger partial charge in [0.2, 0.25) is 5.95 Å². The van der Waals surface area contributed by atoms with Crippen LogP contribution in [-0.2, 0) is 4.74 Å². The van der Waals surface area contributed by atoms with Crippen LogP contribution in [0.15, 0.2) is 4.79 Å². The van der Waals surface area contributed by atoms with Crippen molar-refractivity contribution in [2.24, 2.45) is 0 Å². The van der Waals surface area contributed by atoms with Crippen LogP contribution in [0.1, 0.15) is 6.23 Å². The molecular formula is C8H11FN4O5. The first-order valence-electron chi connectivity index (χ1n) is 4.99. The molecule has 0 bridgehead atoms. The number of nitrogens with zero attached hydrogens (tertiary/aromatic N) is 3. The summed E-state index contributed by atoms with van der Waals surface area (Å²) in [6.45, 7) is -0.596. The highest BCUT2D eigenvalue weighted by atomic mass is 19.1. The number of aromatic nitrogens is 3. The van der Waals surface area contributed by atoms with Crippen LogP contribution in [0, 0.1) is 6.08 Å². The van der Waals surface area contributed by atoms with E-state index >= 15 is 0 Å². The maximum atomic E-state index is 13.5. The molecule has 1 aromatic heterocycles. The Morgan fingerprint density at radius 3 is 2.56 bits per heavy atom. The summed E-state index contributed by atoms with van der Waals surface area (Å²) >= 11 is 0. The van der Waals surface area contributed by atoms with E-state index in [1.54, 1.807) is 0 Å². The van der Waals surface area contributed by atoms with Gasteiger partial charge in [-0.15, -0.1) is 0 Å². The number of hydrogen-bond donors (Lipinski definition) is 4. The minimum atomic E-state index is -1.60. The maximum absolute atomic E-state index is 13.5. The van der Waals surface area contributed by atoms with Gasteiger partial charge >= 0.3 is 5.69 Å². The first kappa shape index (κ1) is 12.8. The Morgan fingerprint density at radius 2 is 2.06 bits per heavy atom. The smallest absolute Gasteiger partial charge is 0.356 e. The molecule has 100 valence electrons. The van der Waals surface area contributed by atoms with Crippen LogP contribution in [0.4, 0.5) is 10.3 Å². The first-order valence-corrected chi connectivity index (χ1v) is 4.99. The lowest BCUT2D eigenvalue weighted by atomic mass is 10.1. The molecule has 1 saturated heterocycles. The minimum Gasteiger partial charge on any atom is -0.394 e. The maximum Gasteiger partial charge on any atom is 0.356 e. The van der Waals surface area contributed by atoms with Crippen molar-refractivity contribution in [1.82, 2.24) is 14.5 Å². The highest BCUT2D eigenvalue weighted by Crippen LogP contribution is 2.28. The van der Waals surface area contributed by atoms with Crippen molar-refractivity contribution in [3.05, 3.63) is 16.6 Å². The van der Waals surface area contributed by atoms with E-state index in [1.807, 2.05) is 0 Å². The predicted octanol–water partition coefficient (Wildman–Crippen LogP) is -3.03. The molecule has 2 rings (SSSR count). The van der Waals surface area contributed by atoms with Crippen LogP contribution in [0.25, 0.3) is 0 Å².